The van der Waals surface area contributed by atoms with E-state index in [4.69, 9.17) is 68.6 Å². The van der Waals surface area contributed by atoms with Gasteiger partial charge in [0.1, 0.15) is 12.2 Å². The van der Waals surface area contributed by atoms with Crippen LogP contribution < -0.4 is 0 Å². The number of halogens is 3. The van der Waals surface area contributed by atoms with Crippen LogP contribution in [-0.2, 0) is 51.2 Å². The zero-order chi connectivity index (χ0) is 27.0. The van der Waals surface area contributed by atoms with Crippen molar-refractivity contribution >= 4 is 52.6 Å². The van der Waals surface area contributed by atoms with Gasteiger partial charge < -0.3 is 28.4 Å². The molecule has 5 atom stereocenters. The van der Waals surface area contributed by atoms with E-state index in [0.29, 0.717) is 0 Å². The maximum Gasteiger partial charge on any atom is 0.339 e. The smallest absolute Gasteiger partial charge is 0.339 e. The van der Waals surface area contributed by atoms with E-state index in [-0.39, 0.29) is 13.2 Å². The molecule has 0 amide bonds. The first-order valence-electron chi connectivity index (χ1n) is 11.1. The number of nitrogens with one attached hydrogen (secondary N) is 1. The number of benzene rings is 2. The molecule has 12 heteroatoms. The maximum absolute atomic E-state index is 12.7. The minimum atomic E-state index is -2.22. The molecule has 0 radical (unpaired) electrons. The number of carbonyl (C=O) groups is 2. The normalized spacial score (nSPS) is 23.6. The predicted molar refractivity (Wildman–Crippen MR) is 135 cm³/mol. The van der Waals surface area contributed by atoms with E-state index < -0.39 is 52.3 Å². The largest absolute Gasteiger partial charge is 0.467 e. The molecule has 200 valence electrons. The van der Waals surface area contributed by atoms with Crippen LogP contribution in [0.4, 0.5) is 0 Å². The number of methoxy groups -OCH3 is 1. The van der Waals surface area contributed by atoms with Crippen LogP contribution in [0.25, 0.3) is 0 Å². The van der Waals surface area contributed by atoms with Crippen molar-refractivity contribution in [2.24, 2.45) is 0 Å². The highest BCUT2D eigenvalue weighted by Crippen LogP contribution is 2.34. The van der Waals surface area contributed by atoms with E-state index in [1.165, 1.54) is 6.92 Å². The number of hydrogen-bond donors (Lipinski definition) is 1. The highest BCUT2D eigenvalue weighted by Gasteiger charge is 2.54. The van der Waals surface area contributed by atoms with Gasteiger partial charge in [0.15, 0.2) is 12.2 Å². The molecule has 0 unspecified atom stereocenters. The zero-order valence-electron chi connectivity index (χ0n) is 20.0. The van der Waals surface area contributed by atoms with Crippen LogP contribution in [0.5, 0.6) is 0 Å². The minimum absolute atomic E-state index is 0.0662. The van der Waals surface area contributed by atoms with Gasteiger partial charge in [-0.3, -0.25) is 10.2 Å². The second-order valence-electron chi connectivity index (χ2n) is 7.99. The molecule has 1 saturated heterocycles. The lowest BCUT2D eigenvalue weighted by Crippen LogP contribution is -2.63. The van der Waals surface area contributed by atoms with Crippen molar-refractivity contribution in [2.45, 2.75) is 54.6 Å². The Morgan fingerprint density at radius 2 is 1.38 bits per heavy atom. The SMILES string of the molecule is COC(=O)[C@H]1O[C@@H](OC(=N)C(Cl)(Cl)Cl)[C@H](OCc2ccccc2)[C@@H](OCc2ccccc2)[C@H]1OC(C)=O. The van der Waals surface area contributed by atoms with Gasteiger partial charge in [-0.15, -0.1) is 0 Å². The molecule has 0 aliphatic carbocycles. The van der Waals surface area contributed by atoms with Crippen LogP contribution in [-0.4, -0.2) is 59.4 Å². The van der Waals surface area contributed by atoms with Gasteiger partial charge in [-0.25, -0.2) is 4.79 Å². The molecule has 0 spiro atoms. The summed E-state index contributed by atoms with van der Waals surface area (Å²) in [6, 6.07) is 18.4. The Labute approximate surface area is 229 Å². The quantitative estimate of drug-likeness (QED) is 0.204. The van der Waals surface area contributed by atoms with Crippen molar-refractivity contribution in [3.05, 3.63) is 71.8 Å². The third-order valence-electron chi connectivity index (χ3n) is 5.29. The lowest BCUT2D eigenvalue weighted by atomic mass is 9.97. The van der Waals surface area contributed by atoms with Crippen LogP contribution >= 0.6 is 34.8 Å². The highest BCUT2D eigenvalue weighted by atomic mass is 35.6. The Kier molecular flexibility index (Phi) is 10.6. The topological polar surface area (TPSA) is 113 Å². The predicted octanol–water partition coefficient (Wildman–Crippen LogP) is 4.35. The van der Waals surface area contributed by atoms with Crippen LogP contribution in [0.1, 0.15) is 18.1 Å². The molecule has 1 N–H and O–H groups in total. The van der Waals surface area contributed by atoms with E-state index in [1.54, 1.807) is 0 Å². The van der Waals surface area contributed by atoms with Crippen molar-refractivity contribution < 1.29 is 38.0 Å². The van der Waals surface area contributed by atoms with Crippen molar-refractivity contribution in [3.63, 3.8) is 0 Å². The standard InChI is InChI=1S/C25H26Cl3NO8/c1-15(30)35-19-18(33-13-16-9-5-3-6-10-16)21(34-14-17-11-7-4-8-12-17)23(36-20(19)22(31)32-2)37-24(29)25(26,27)28/h3-12,18-21,23,29H,13-14H2,1-2H3/t18-,19+,20-,21+,23-/m0/s1. The molecule has 37 heavy (non-hydrogen) atoms. The summed E-state index contributed by atoms with van der Waals surface area (Å²) in [5.74, 6) is -2.33. The van der Waals surface area contributed by atoms with E-state index in [2.05, 4.69) is 0 Å². The summed E-state index contributed by atoms with van der Waals surface area (Å²) in [4.78, 5) is 24.7. The molecule has 1 fully saturated rings. The Morgan fingerprint density at radius 1 is 0.865 bits per heavy atom. The number of hydrogen-bond acceptors (Lipinski definition) is 9. The summed E-state index contributed by atoms with van der Waals surface area (Å²) in [5, 5.41) is 8.05. The molecule has 1 aliphatic heterocycles. The Bertz CT molecular complexity index is 1050. The van der Waals surface area contributed by atoms with E-state index >= 15 is 0 Å². The third-order valence-corrected chi connectivity index (χ3v) is 5.81. The monoisotopic (exact) mass is 573 g/mol. The van der Waals surface area contributed by atoms with Gasteiger partial charge >= 0.3 is 11.9 Å². The van der Waals surface area contributed by atoms with Gasteiger partial charge in [0, 0.05) is 6.92 Å². The summed E-state index contributed by atoms with van der Waals surface area (Å²) >= 11 is 17.5. The van der Waals surface area contributed by atoms with Gasteiger partial charge in [-0.1, -0.05) is 95.5 Å². The summed E-state index contributed by atoms with van der Waals surface area (Å²) in [6.45, 7) is 1.32. The fourth-order valence-electron chi connectivity index (χ4n) is 3.61. The number of carbonyl (C=O) groups excluding carboxylic acids is 2. The van der Waals surface area contributed by atoms with E-state index in [0.717, 1.165) is 18.2 Å². The maximum atomic E-state index is 12.7. The molecule has 2 aromatic carbocycles. The summed E-state index contributed by atoms with van der Waals surface area (Å²) in [5.41, 5.74) is 1.61. The molecule has 1 heterocycles. The Hall–Kier alpha value is -2.40. The minimum Gasteiger partial charge on any atom is -0.467 e. The summed E-state index contributed by atoms with van der Waals surface area (Å²) < 4.78 is 31.7. The van der Waals surface area contributed by atoms with Gasteiger partial charge in [-0.2, -0.15) is 0 Å². The fourth-order valence-corrected chi connectivity index (χ4v) is 3.75. The van der Waals surface area contributed by atoms with Crippen molar-refractivity contribution in [2.75, 3.05) is 7.11 Å². The average molecular weight is 575 g/mol. The lowest BCUT2D eigenvalue weighted by molar-refractivity contribution is -0.299. The molecule has 0 aromatic heterocycles. The molecule has 3 rings (SSSR count). The molecular weight excluding hydrogens is 549 g/mol. The van der Waals surface area contributed by atoms with Crippen LogP contribution in [0.3, 0.4) is 0 Å². The third kappa shape index (κ3) is 8.29. The average Bonchev–Trinajstić information content (AvgIpc) is 2.87. The molecule has 1 aliphatic rings. The lowest BCUT2D eigenvalue weighted by Gasteiger charge is -2.44. The van der Waals surface area contributed by atoms with E-state index in [9.17, 15) is 9.59 Å². The van der Waals surface area contributed by atoms with Gasteiger partial charge in [0.05, 0.1) is 20.3 Å². The molecular formula is C25H26Cl3NO8. The molecule has 0 bridgehead atoms. The second-order valence-corrected chi connectivity index (χ2v) is 10.3. The van der Waals surface area contributed by atoms with Crippen molar-refractivity contribution in [3.8, 4) is 0 Å². The summed E-state index contributed by atoms with van der Waals surface area (Å²) in [7, 11) is 1.15. The molecule has 2 aromatic rings. The van der Waals surface area contributed by atoms with Gasteiger partial charge in [0.2, 0.25) is 12.2 Å². The Morgan fingerprint density at radius 3 is 1.84 bits per heavy atom. The first-order chi connectivity index (χ1) is 17.6. The van der Waals surface area contributed by atoms with Crippen molar-refractivity contribution in [1.82, 2.24) is 0 Å². The molecule has 9 nitrogen and oxygen atoms in total. The fraction of sp³-hybridized carbons (Fsp3) is 0.400. The van der Waals surface area contributed by atoms with Gasteiger partial charge in [-0.05, 0) is 11.1 Å². The zero-order valence-corrected chi connectivity index (χ0v) is 22.2. The first kappa shape index (κ1) is 29.2. The van der Waals surface area contributed by atoms with Gasteiger partial charge in [0.25, 0.3) is 3.79 Å². The second kappa shape index (κ2) is 13.4. The van der Waals surface area contributed by atoms with E-state index in [1.807, 2.05) is 60.7 Å². The van der Waals surface area contributed by atoms with Crippen molar-refractivity contribution in [1.29, 1.82) is 5.41 Å². The highest BCUT2D eigenvalue weighted by molar-refractivity contribution is 6.76. The first-order valence-corrected chi connectivity index (χ1v) is 12.3. The number of ether oxygens (including phenoxy) is 6. The van der Waals surface area contributed by atoms with Crippen LogP contribution in [0, 0.1) is 5.41 Å². The Balaban J connectivity index is 1.99. The molecule has 0 saturated carbocycles. The van der Waals surface area contributed by atoms with Crippen LogP contribution in [0.15, 0.2) is 60.7 Å². The number of rotatable bonds is 9. The van der Waals surface area contributed by atoms with Crippen LogP contribution in [0.2, 0.25) is 0 Å². The number of esters is 2. The summed E-state index contributed by atoms with van der Waals surface area (Å²) in [6.07, 6.45) is -6.49. The number of alkyl halides is 3.